The summed E-state index contributed by atoms with van der Waals surface area (Å²) in [5, 5.41) is 10.1. The van der Waals surface area contributed by atoms with Gasteiger partial charge in [-0.25, -0.2) is 4.98 Å². The molecule has 192 valence electrons. The Kier molecular flexibility index (Phi) is 7.35. The number of carbonyl (C=O) groups excluding carboxylic acids is 1. The number of rotatable bonds is 8. The highest BCUT2D eigenvalue weighted by Crippen LogP contribution is 2.27. The highest BCUT2D eigenvalue weighted by atomic mass is 16.1. The Labute approximate surface area is 217 Å². The lowest BCUT2D eigenvalue weighted by molar-refractivity contribution is -0.119. The molecule has 0 radical (unpaired) electrons. The van der Waals surface area contributed by atoms with E-state index >= 15 is 0 Å². The first-order valence-corrected chi connectivity index (χ1v) is 13.1. The van der Waals surface area contributed by atoms with Crippen LogP contribution in [0.5, 0.6) is 0 Å². The van der Waals surface area contributed by atoms with E-state index in [2.05, 4.69) is 87.9 Å². The zero-order valence-electron chi connectivity index (χ0n) is 21.7. The second-order valence-corrected chi connectivity index (χ2v) is 10.1. The van der Waals surface area contributed by atoms with Gasteiger partial charge in [0.25, 0.3) is 0 Å². The minimum Gasteiger partial charge on any atom is -0.364 e. The number of hydrogen-bond donors (Lipinski definition) is 3. The molecule has 1 aliphatic rings. The van der Waals surface area contributed by atoms with E-state index in [-0.39, 0.29) is 24.0 Å². The molecule has 5 rings (SSSR count). The minimum absolute atomic E-state index is 0.00593. The van der Waals surface area contributed by atoms with Crippen molar-refractivity contribution in [2.24, 2.45) is 0 Å². The van der Waals surface area contributed by atoms with Gasteiger partial charge in [0.2, 0.25) is 11.9 Å². The molecule has 2 heterocycles. The predicted octanol–water partition coefficient (Wildman–Crippen LogP) is 5.55. The Balaban J connectivity index is 1.39. The topological polar surface area (TPSA) is 96.8 Å². The summed E-state index contributed by atoms with van der Waals surface area (Å²) in [4.78, 5) is 26.1. The molecule has 0 saturated heterocycles. The van der Waals surface area contributed by atoms with Crippen molar-refractivity contribution < 1.29 is 4.79 Å². The molecule has 2 unspecified atom stereocenters. The molecule has 1 aliphatic carbocycles. The van der Waals surface area contributed by atoms with E-state index in [1.165, 1.54) is 11.1 Å². The Morgan fingerprint density at radius 3 is 2.38 bits per heavy atom. The van der Waals surface area contributed by atoms with E-state index in [0.717, 1.165) is 42.4 Å². The lowest BCUT2D eigenvalue weighted by Crippen LogP contribution is -2.48. The van der Waals surface area contributed by atoms with Gasteiger partial charge in [-0.2, -0.15) is 9.97 Å². The fraction of sp³-hybridized carbons (Fsp3) is 0.379. The molecule has 1 saturated carbocycles. The molecule has 0 bridgehead atoms. The van der Waals surface area contributed by atoms with Crippen molar-refractivity contribution >= 4 is 28.8 Å². The zero-order valence-corrected chi connectivity index (χ0v) is 21.7. The molecule has 8 nitrogen and oxygen atoms in total. The SMILES string of the molecule is CC(=O)NC1CCCCC1Nc1nc(NCc2ccc(-c3ccccc3)cc2)c2ncn(C(C)C)c2n1. The van der Waals surface area contributed by atoms with Crippen LogP contribution in [-0.4, -0.2) is 37.5 Å². The fourth-order valence-corrected chi connectivity index (χ4v) is 5.02. The Hall–Kier alpha value is -3.94. The maximum atomic E-state index is 11.8. The summed E-state index contributed by atoms with van der Waals surface area (Å²) in [6.07, 6.45) is 5.97. The van der Waals surface area contributed by atoms with Crippen molar-refractivity contribution in [2.75, 3.05) is 10.6 Å². The zero-order chi connectivity index (χ0) is 25.8. The molecule has 2 aromatic carbocycles. The summed E-state index contributed by atoms with van der Waals surface area (Å²) < 4.78 is 2.06. The lowest BCUT2D eigenvalue weighted by atomic mass is 9.90. The highest BCUT2D eigenvalue weighted by molar-refractivity contribution is 5.84. The summed E-state index contributed by atoms with van der Waals surface area (Å²) in [6, 6.07) is 19.3. The lowest BCUT2D eigenvalue weighted by Gasteiger charge is -2.32. The summed E-state index contributed by atoms with van der Waals surface area (Å²) in [7, 11) is 0. The highest BCUT2D eigenvalue weighted by Gasteiger charge is 2.27. The first kappa shape index (κ1) is 24.7. The Morgan fingerprint density at radius 2 is 1.68 bits per heavy atom. The van der Waals surface area contributed by atoms with Crippen molar-refractivity contribution in [1.82, 2.24) is 24.8 Å². The summed E-state index contributed by atoms with van der Waals surface area (Å²) >= 11 is 0. The van der Waals surface area contributed by atoms with Gasteiger partial charge in [0.05, 0.1) is 6.33 Å². The second kappa shape index (κ2) is 11.0. The molecule has 4 aromatic rings. The van der Waals surface area contributed by atoms with E-state index in [0.29, 0.717) is 18.3 Å². The third kappa shape index (κ3) is 5.74. The van der Waals surface area contributed by atoms with Gasteiger partial charge in [0.15, 0.2) is 17.0 Å². The van der Waals surface area contributed by atoms with E-state index in [1.807, 2.05) is 12.4 Å². The standard InChI is InChI=1S/C29H35N7O/c1-19(2)36-18-31-26-27(30-17-21-13-15-23(16-14-21)22-9-5-4-6-10-22)34-29(35-28(26)36)33-25-12-8-7-11-24(25)32-20(3)37/h4-6,9-10,13-16,18-19,24-25H,7-8,11-12,17H2,1-3H3,(H,32,37)(H2,30,33,34,35). The number of hydrogen-bond acceptors (Lipinski definition) is 6. The molecule has 2 atom stereocenters. The van der Waals surface area contributed by atoms with Crippen molar-refractivity contribution in [1.29, 1.82) is 0 Å². The number of amides is 1. The molecule has 1 fully saturated rings. The molecule has 3 N–H and O–H groups in total. The minimum atomic E-state index is -0.00593. The molecule has 37 heavy (non-hydrogen) atoms. The van der Waals surface area contributed by atoms with Gasteiger partial charge < -0.3 is 20.5 Å². The van der Waals surface area contributed by atoms with Crippen molar-refractivity contribution in [3.63, 3.8) is 0 Å². The molecular weight excluding hydrogens is 462 g/mol. The van der Waals surface area contributed by atoms with Crippen LogP contribution in [0.3, 0.4) is 0 Å². The largest absolute Gasteiger partial charge is 0.364 e. The molecule has 1 amide bonds. The van der Waals surface area contributed by atoms with Crippen molar-refractivity contribution in [3.05, 3.63) is 66.5 Å². The van der Waals surface area contributed by atoms with E-state index in [1.54, 1.807) is 6.92 Å². The number of fused-ring (bicyclic) bond motifs is 1. The average Bonchev–Trinajstić information content (AvgIpc) is 3.33. The van der Waals surface area contributed by atoms with Crippen LogP contribution in [0.4, 0.5) is 11.8 Å². The van der Waals surface area contributed by atoms with E-state index < -0.39 is 0 Å². The quantitative estimate of drug-likeness (QED) is 0.296. The summed E-state index contributed by atoms with van der Waals surface area (Å²) in [5.41, 5.74) is 5.10. The van der Waals surface area contributed by atoms with Crippen LogP contribution in [0.25, 0.3) is 22.3 Å². The van der Waals surface area contributed by atoms with Gasteiger partial charge >= 0.3 is 0 Å². The van der Waals surface area contributed by atoms with E-state index in [9.17, 15) is 4.79 Å². The number of benzene rings is 2. The monoisotopic (exact) mass is 497 g/mol. The predicted molar refractivity (Wildman–Crippen MR) is 148 cm³/mol. The second-order valence-electron chi connectivity index (χ2n) is 10.1. The fourth-order valence-electron chi connectivity index (χ4n) is 5.02. The van der Waals surface area contributed by atoms with Crippen molar-refractivity contribution in [2.45, 2.75) is 71.1 Å². The number of imidazole rings is 1. The van der Waals surface area contributed by atoms with Gasteiger partial charge in [0.1, 0.15) is 0 Å². The molecule has 8 heteroatoms. The first-order chi connectivity index (χ1) is 18.0. The number of aromatic nitrogens is 4. The molecule has 0 aliphatic heterocycles. The summed E-state index contributed by atoms with van der Waals surface area (Å²) in [6.45, 7) is 6.42. The van der Waals surface area contributed by atoms with Crippen molar-refractivity contribution in [3.8, 4) is 11.1 Å². The van der Waals surface area contributed by atoms with Gasteiger partial charge in [-0.3, -0.25) is 4.79 Å². The molecular formula is C29H35N7O. The maximum absolute atomic E-state index is 11.8. The normalized spacial score (nSPS) is 17.6. The van der Waals surface area contributed by atoms with Gasteiger partial charge in [0, 0.05) is 31.6 Å². The maximum Gasteiger partial charge on any atom is 0.227 e. The van der Waals surface area contributed by atoms with Gasteiger partial charge in [-0.1, -0.05) is 67.4 Å². The van der Waals surface area contributed by atoms with Crippen LogP contribution >= 0.6 is 0 Å². The number of nitrogens with zero attached hydrogens (tertiary/aromatic N) is 4. The van der Waals surface area contributed by atoms with E-state index in [4.69, 9.17) is 9.97 Å². The Bertz CT molecular complexity index is 1350. The van der Waals surface area contributed by atoms with Gasteiger partial charge in [-0.05, 0) is 43.4 Å². The number of anilines is 2. The smallest absolute Gasteiger partial charge is 0.227 e. The van der Waals surface area contributed by atoms with Crippen LogP contribution in [0.1, 0.15) is 58.1 Å². The van der Waals surface area contributed by atoms with Crippen LogP contribution < -0.4 is 16.0 Å². The Morgan fingerprint density at radius 1 is 0.973 bits per heavy atom. The third-order valence-corrected chi connectivity index (χ3v) is 6.97. The third-order valence-electron chi connectivity index (χ3n) is 6.97. The van der Waals surface area contributed by atoms with Crippen LogP contribution in [0, 0.1) is 0 Å². The number of carbonyl (C=O) groups is 1. The van der Waals surface area contributed by atoms with Crippen LogP contribution in [0.15, 0.2) is 60.9 Å². The van der Waals surface area contributed by atoms with Crippen LogP contribution in [0.2, 0.25) is 0 Å². The molecule has 0 spiro atoms. The average molecular weight is 498 g/mol. The molecule has 2 aromatic heterocycles. The van der Waals surface area contributed by atoms with Crippen LogP contribution in [-0.2, 0) is 11.3 Å². The first-order valence-electron chi connectivity index (χ1n) is 13.1. The summed E-state index contributed by atoms with van der Waals surface area (Å²) in [5.74, 6) is 1.25. The number of nitrogens with one attached hydrogen (secondary N) is 3. The van der Waals surface area contributed by atoms with Gasteiger partial charge in [-0.15, -0.1) is 0 Å².